The number of hydrogen-bond acceptors (Lipinski definition) is 5. The molecule has 0 spiro atoms. The highest BCUT2D eigenvalue weighted by Crippen LogP contribution is 2.28. The number of hydrogen-bond donors (Lipinski definition) is 2. The van der Waals surface area contributed by atoms with Gasteiger partial charge in [-0.15, -0.1) is 0 Å². The fraction of sp³-hybridized carbons (Fsp3) is 0.333. The third kappa shape index (κ3) is 3.21. The van der Waals surface area contributed by atoms with Crippen LogP contribution in [0.5, 0.6) is 11.5 Å². The fourth-order valence-electron chi connectivity index (χ4n) is 1.41. The number of aliphatic carboxylic acids is 1. The molecule has 0 aliphatic heterocycles. The molecule has 3 N–H and O–H groups in total. The van der Waals surface area contributed by atoms with E-state index in [1.165, 1.54) is 26.4 Å². The normalized spacial score (nSPS) is 11.7. The van der Waals surface area contributed by atoms with Crippen LogP contribution in [-0.2, 0) is 4.79 Å². The van der Waals surface area contributed by atoms with Gasteiger partial charge in [-0.25, -0.2) is 0 Å². The van der Waals surface area contributed by atoms with E-state index < -0.39 is 12.0 Å². The predicted octanol–water partition coefficient (Wildman–Crippen LogP) is 0.688. The van der Waals surface area contributed by atoms with Gasteiger partial charge >= 0.3 is 5.97 Å². The van der Waals surface area contributed by atoms with E-state index in [-0.39, 0.29) is 12.2 Å². The lowest BCUT2D eigenvalue weighted by molar-refractivity contribution is -0.138. The number of carbonyl (C=O) groups excluding carboxylic acids is 1. The molecule has 0 heterocycles. The Morgan fingerprint density at radius 3 is 2.39 bits per heavy atom. The first-order chi connectivity index (χ1) is 8.49. The topological polar surface area (TPSA) is 98.9 Å². The first-order valence-electron chi connectivity index (χ1n) is 5.23. The summed E-state index contributed by atoms with van der Waals surface area (Å²) in [6.45, 7) is 0. The van der Waals surface area contributed by atoms with E-state index in [2.05, 4.69) is 0 Å². The maximum absolute atomic E-state index is 11.8. The molecule has 0 amide bonds. The Kier molecular flexibility index (Phi) is 4.67. The quantitative estimate of drug-likeness (QED) is 0.723. The number of carbonyl (C=O) groups is 2. The summed E-state index contributed by atoms with van der Waals surface area (Å²) < 4.78 is 10.1. The molecule has 0 aliphatic rings. The maximum atomic E-state index is 11.8. The molecular weight excluding hydrogens is 238 g/mol. The highest BCUT2D eigenvalue weighted by molar-refractivity contribution is 5.99. The summed E-state index contributed by atoms with van der Waals surface area (Å²) in [6.07, 6.45) is -0.259. The smallest absolute Gasteiger partial charge is 0.320 e. The fourth-order valence-corrected chi connectivity index (χ4v) is 1.41. The van der Waals surface area contributed by atoms with Crippen LogP contribution in [-0.4, -0.2) is 37.1 Å². The van der Waals surface area contributed by atoms with Crippen LogP contribution >= 0.6 is 0 Å². The first-order valence-corrected chi connectivity index (χ1v) is 5.23. The molecule has 98 valence electrons. The summed E-state index contributed by atoms with van der Waals surface area (Å²) in [7, 11) is 2.94. The molecule has 6 nitrogen and oxygen atoms in total. The van der Waals surface area contributed by atoms with Crippen molar-refractivity contribution >= 4 is 11.8 Å². The zero-order chi connectivity index (χ0) is 13.7. The van der Waals surface area contributed by atoms with E-state index in [1.54, 1.807) is 6.07 Å². The number of rotatable bonds is 6. The Labute approximate surface area is 104 Å². The number of carboxylic acids is 1. The van der Waals surface area contributed by atoms with E-state index >= 15 is 0 Å². The molecule has 1 atom stereocenters. The third-order valence-electron chi connectivity index (χ3n) is 2.43. The number of nitrogens with two attached hydrogens (primary N) is 1. The van der Waals surface area contributed by atoms with Crippen LogP contribution in [0.4, 0.5) is 0 Å². The van der Waals surface area contributed by atoms with Gasteiger partial charge in [0.25, 0.3) is 0 Å². The van der Waals surface area contributed by atoms with Crippen molar-refractivity contribution in [3.63, 3.8) is 0 Å². The van der Waals surface area contributed by atoms with Crippen LogP contribution in [0.2, 0.25) is 0 Å². The zero-order valence-electron chi connectivity index (χ0n) is 10.2. The molecule has 1 aromatic carbocycles. The SMILES string of the molecule is COc1ccc(C(=O)C[C@H](N)C(=O)O)cc1OC. The van der Waals surface area contributed by atoms with Crippen molar-refractivity contribution in [2.75, 3.05) is 14.2 Å². The minimum Gasteiger partial charge on any atom is -0.493 e. The Hall–Kier alpha value is -2.08. The lowest BCUT2D eigenvalue weighted by Crippen LogP contribution is -2.32. The number of methoxy groups -OCH3 is 2. The van der Waals surface area contributed by atoms with Gasteiger partial charge in [-0.3, -0.25) is 9.59 Å². The number of ether oxygens (including phenoxy) is 2. The molecule has 18 heavy (non-hydrogen) atoms. The Morgan fingerprint density at radius 2 is 1.89 bits per heavy atom. The Balaban J connectivity index is 2.90. The third-order valence-corrected chi connectivity index (χ3v) is 2.43. The van der Waals surface area contributed by atoms with E-state index in [1.807, 2.05) is 0 Å². The highest BCUT2D eigenvalue weighted by Gasteiger charge is 2.18. The second-order valence-corrected chi connectivity index (χ2v) is 3.64. The minimum atomic E-state index is -1.20. The summed E-state index contributed by atoms with van der Waals surface area (Å²) in [5.41, 5.74) is 5.64. The van der Waals surface area contributed by atoms with Gasteiger partial charge in [0.2, 0.25) is 0 Å². The van der Waals surface area contributed by atoms with Crippen molar-refractivity contribution in [3.05, 3.63) is 23.8 Å². The van der Waals surface area contributed by atoms with Crippen LogP contribution in [0.25, 0.3) is 0 Å². The highest BCUT2D eigenvalue weighted by atomic mass is 16.5. The lowest BCUT2D eigenvalue weighted by Gasteiger charge is -2.10. The van der Waals surface area contributed by atoms with Crippen molar-refractivity contribution < 1.29 is 24.2 Å². The summed E-state index contributed by atoms with van der Waals surface area (Å²) in [5, 5.41) is 8.64. The molecule has 1 aromatic rings. The molecule has 0 aromatic heterocycles. The summed E-state index contributed by atoms with van der Waals surface area (Å²) >= 11 is 0. The van der Waals surface area contributed by atoms with Crippen LogP contribution in [0.1, 0.15) is 16.8 Å². The molecule has 0 aliphatic carbocycles. The van der Waals surface area contributed by atoms with Gasteiger partial charge in [0.1, 0.15) is 6.04 Å². The number of carboxylic acid groups (broad SMARTS) is 1. The van der Waals surface area contributed by atoms with Crippen LogP contribution < -0.4 is 15.2 Å². The van der Waals surface area contributed by atoms with Gasteiger partial charge in [-0.1, -0.05) is 0 Å². The van der Waals surface area contributed by atoms with Gasteiger partial charge < -0.3 is 20.3 Å². The van der Waals surface area contributed by atoms with E-state index in [4.69, 9.17) is 20.3 Å². The Morgan fingerprint density at radius 1 is 1.28 bits per heavy atom. The van der Waals surface area contributed by atoms with Crippen molar-refractivity contribution in [1.82, 2.24) is 0 Å². The van der Waals surface area contributed by atoms with Crippen LogP contribution in [0.15, 0.2) is 18.2 Å². The molecule has 1 rings (SSSR count). The van der Waals surface area contributed by atoms with Gasteiger partial charge in [-0.2, -0.15) is 0 Å². The van der Waals surface area contributed by atoms with Crippen molar-refractivity contribution in [3.8, 4) is 11.5 Å². The first kappa shape index (κ1) is 14.0. The average molecular weight is 253 g/mol. The second kappa shape index (κ2) is 6.02. The summed E-state index contributed by atoms with van der Waals surface area (Å²) in [6, 6.07) is 3.41. The molecule has 0 bridgehead atoms. The largest absolute Gasteiger partial charge is 0.493 e. The van der Waals surface area contributed by atoms with Crippen molar-refractivity contribution in [2.24, 2.45) is 5.73 Å². The molecule has 0 saturated carbocycles. The van der Waals surface area contributed by atoms with E-state index in [9.17, 15) is 9.59 Å². The summed E-state index contributed by atoms with van der Waals surface area (Å²) in [5.74, 6) is -0.654. The summed E-state index contributed by atoms with van der Waals surface area (Å²) in [4.78, 5) is 22.4. The molecule has 6 heteroatoms. The van der Waals surface area contributed by atoms with E-state index in [0.29, 0.717) is 17.1 Å². The number of Topliss-reactive ketones (excluding diaryl/α,β-unsaturated/α-hetero) is 1. The van der Waals surface area contributed by atoms with Gasteiger partial charge in [0.05, 0.1) is 14.2 Å². The lowest BCUT2D eigenvalue weighted by atomic mass is 10.0. The molecule has 0 radical (unpaired) electrons. The zero-order valence-corrected chi connectivity index (χ0v) is 10.2. The average Bonchev–Trinajstić information content (AvgIpc) is 2.37. The van der Waals surface area contributed by atoms with Gasteiger partial charge in [0, 0.05) is 12.0 Å². The second-order valence-electron chi connectivity index (χ2n) is 3.64. The van der Waals surface area contributed by atoms with Crippen LogP contribution in [0.3, 0.4) is 0 Å². The van der Waals surface area contributed by atoms with Crippen LogP contribution in [0, 0.1) is 0 Å². The standard InChI is InChI=1S/C12H15NO5/c1-17-10-4-3-7(5-11(10)18-2)9(14)6-8(13)12(15)16/h3-5,8H,6,13H2,1-2H3,(H,15,16)/t8-/m0/s1. The number of benzene rings is 1. The number of ketones is 1. The molecule has 0 fully saturated rings. The van der Waals surface area contributed by atoms with E-state index in [0.717, 1.165) is 0 Å². The monoisotopic (exact) mass is 253 g/mol. The van der Waals surface area contributed by atoms with Crippen molar-refractivity contribution in [2.45, 2.75) is 12.5 Å². The minimum absolute atomic E-state index is 0.259. The van der Waals surface area contributed by atoms with Crippen molar-refractivity contribution in [1.29, 1.82) is 0 Å². The molecule has 0 unspecified atom stereocenters. The van der Waals surface area contributed by atoms with Gasteiger partial charge in [-0.05, 0) is 18.2 Å². The Bertz CT molecular complexity index is 458. The predicted molar refractivity (Wildman–Crippen MR) is 64.1 cm³/mol. The molecular formula is C12H15NO5. The van der Waals surface area contributed by atoms with Gasteiger partial charge in [0.15, 0.2) is 17.3 Å². The molecule has 0 saturated heterocycles. The maximum Gasteiger partial charge on any atom is 0.320 e.